The summed E-state index contributed by atoms with van der Waals surface area (Å²) in [6.07, 6.45) is 0. The first-order valence-electron chi connectivity index (χ1n) is 10.2. The topological polar surface area (TPSA) is 115 Å². The number of aromatic amines is 1. The lowest BCUT2D eigenvalue weighted by atomic mass is 9.93. The maximum atomic E-state index is 9.96. The molecule has 2 heterocycles. The number of nitrogens with zero attached hydrogens (tertiary/aromatic N) is 4. The van der Waals surface area contributed by atoms with E-state index in [4.69, 9.17) is 18.9 Å². The Hall–Kier alpha value is -4.58. The van der Waals surface area contributed by atoms with Gasteiger partial charge in [-0.1, -0.05) is 30.3 Å². The third kappa shape index (κ3) is 3.68. The Morgan fingerprint density at radius 1 is 1.06 bits per heavy atom. The SMILES string of the molecule is COc1c(OCc2ccc3c(c2)OCO3)c(-c2nn[nH]n2)cc(C#N)c1-c1ccccc1C. The van der Waals surface area contributed by atoms with Crippen LogP contribution >= 0.6 is 0 Å². The van der Waals surface area contributed by atoms with Gasteiger partial charge in [0.25, 0.3) is 0 Å². The van der Waals surface area contributed by atoms with Gasteiger partial charge in [-0.15, -0.1) is 10.2 Å². The second-order valence-corrected chi connectivity index (χ2v) is 7.35. The molecule has 0 saturated heterocycles. The summed E-state index contributed by atoms with van der Waals surface area (Å²) in [5.41, 5.74) is 4.31. The van der Waals surface area contributed by atoms with Crippen molar-refractivity contribution in [3.8, 4) is 51.6 Å². The Labute approximate surface area is 189 Å². The fourth-order valence-electron chi connectivity index (χ4n) is 3.82. The van der Waals surface area contributed by atoms with Crippen LogP contribution in [0.1, 0.15) is 16.7 Å². The highest BCUT2D eigenvalue weighted by molar-refractivity contribution is 5.87. The Bertz CT molecular complexity index is 1360. The van der Waals surface area contributed by atoms with Crippen LogP contribution in [0.2, 0.25) is 0 Å². The number of aromatic nitrogens is 4. The summed E-state index contributed by atoms with van der Waals surface area (Å²) in [4.78, 5) is 0. The van der Waals surface area contributed by atoms with Crippen molar-refractivity contribution in [3.05, 3.63) is 65.2 Å². The highest BCUT2D eigenvalue weighted by atomic mass is 16.7. The van der Waals surface area contributed by atoms with Crippen molar-refractivity contribution in [3.63, 3.8) is 0 Å². The van der Waals surface area contributed by atoms with Gasteiger partial charge in [-0.05, 0) is 47.0 Å². The van der Waals surface area contributed by atoms with Crippen molar-refractivity contribution < 1.29 is 18.9 Å². The highest BCUT2D eigenvalue weighted by Crippen LogP contribution is 2.47. The lowest BCUT2D eigenvalue weighted by molar-refractivity contribution is 0.174. The lowest BCUT2D eigenvalue weighted by Gasteiger charge is -2.19. The number of H-pyrrole nitrogens is 1. The van der Waals surface area contributed by atoms with Gasteiger partial charge in [0.05, 0.1) is 24.3 Å². The van der Waals surface area contributed by atoms with Crippen LogP contribution in [-0.2, 0) is 6.61 Å². The number of aryl methyl sites for hydroxylation is 1. The van der Waals surface area contributed by atoms with Crippen molar-refractivity contribution >= 4 is 0 Å². The average Bonchev–Trinajstić information content (AvgIpc) is 3.54. The summed E-state index contributed by atoms with van der Waals surface area (Å²) in [5.74, 6) is 2.49. The van der Waals surface area contributed by atoms with E-state index in [-0.39, 0.29) is 13.4 Å². The van der Waals surface area contributed by atoms with Gasteiger partial charge in [-0.25, -0.2) is 0 Å². The third-order valence-electron chi connectivity index (χ3n) is 5.38. The van der Waals surface area contributed by atoms with E-state index in [1.165, 1.54) is 0 Å². The van der Waals surface area contributed by atoms with Crippen LogP contribution in [-0.4, -0.2) is 34.5 Å². The third-order valence-corrected chi connectivity index (χ3v) is 5.38. The van der Waals surface area contributed by atoms with Gasteiger partial charge in [0.1, 0.15) is 6.61 Å². The normalized spacial score (nSPS) is 11.8. The second-order valence-electron chi connectivity index (χ2n) is 7.35. The van der Waals surface area contributed by atoms with E-state index in [9.17, 15) is 5.26 Å². The molecular formula is C24H19N5O4. The number of fused-ring (bicyclic) bond motifs is 1. The monoisotopic (exact) mass is 441 g/mol. The van der Waals surface area contributed by atoms with Crippen LogP contribution in [0.25, 0.3) is 22.5 Å². The van der Waals surface area contributed by atoms with Crippen LogP contribution in [0.4, 0.5) is 0 Å². The zero-order chi connectivity index (χ0) is 22.8. The Kier molecular flexibility index (Phi) is 5.24. The number of methoxy groups -OCH3 is 1. The minimum absolute atomic E-state index is 0.199. The van der Waals surface area contributed by atoms with Gasteiger partial charge >= 0.3 is 0 Å². The molecular weight excluding hydrogens is 422 g/mol. The quantitative estimate of drug-likeness (QED) is 0.477. The highest BCUT2D eigenvalue weighted by Gasteiger charge is 2.25. The number of nitriles is 1. The van der Waals surface area contributed by atoms with E-state index < -0.39 is 0 Å². The number of nitrogens with one attached hydrogen (secondary N) is 1. The largest absolute Gasteiger partial charge is 0.492 e. The molecule has 3 aromatic carbocycles. The van der Waals surface area contributed by atoms with Crippen LogP contribution in [0.3, 0.4) is 0 Å². The minimum atomic E-state index is 0.199. The Morgan fingerprint density at radius 2 is 1.91 bits per heavy atom. The number of benzene rings is 3. The predicted molar refractivity (Wildman–Crippen MR) is 118 cm³/mol. The van der Waals surface area contributed by atoms with Crippen LogP contribution in [0, 0.1) is 18.3 Å². The molecule has 1 aliphatic heterocycles. The Balaban J connectivity index is 1.65. The summed E-state index contributed by atoms with van der Waals surface area (Å²) < 4.78 is 23.0. The molecule has 164 valence electrons. The molecule has 1 N–H and O–H groups in total. The summed E-state index contributed by atoms with van der Waals surface area (Å²) in [6.45, 7) is 2.40. The summed E-state index contributed by atoms with van der Waals surface area (Å²) >= 11 is 0. The molecule has 0 aliphatic carbocycles. The van der Waals surface area contributed by atoms with E-state index in [1.54, 1.807) is 13.2 Å². The fraction of sp³-hybridized carbons (Fsp3) is 0.167. The first-order valence-corrected chi connectivity index (χ1v) is 10.2. The van der Waals surface area contributed by atoms with Gasteiger partial charge < -0.3 is 18.9 Å². The maximum Gasteiger partial charge on any atom is 0.231 e. The van der Waals surface area contributed by atoms with Gasteiger partial charge in [0, 0.05) is 5.56 Å². The molecule has 0 fully saturated rings. The average molecular weight is 441 g/mol. The van der Waals surface area contributed by atoms with Crippen molar-refractivity contribution in [2.75, 3.05) is 13.9 Å². The molecule has 9 nitrogen and oxygen atoms in total. The van der Waals surface area contributed by atoms with Gasteiger partial charge in [0.15, 0.2) is 23.0 Å². The lowest BCUT2D eigenvalue weighted by Crippen LogP contribution is -2.04. The fourth-order valence-corrected chi connectivity index (χ4v) is 3.82. The number of hydrogen-bond donors (Lipinski definition) is 1. The molecule has 1 aliphatic rings. The summed E-state index contributed by atoms with van der Waals surface area (Å²) in [5, 5.41) is 24.3. The van der Waals surface area contributed by atoms with E-state index in [0.717, 1.165) is 16.7 Å². The molecule has 0 radical (unpaired) electrons. The maximum absolute atomic E-state index is 9.96. The van der Waals surface area contributed by atoms with Crippen LogP contribution < -0.4 is 18.9 Å². The van der Waals surface area contributed by atoms with E-state index in [2.05, 4.69) is 26.7 Å². The van der Waals surface area contributed by atoms with Gasteiger partial charge in [-0.3, -0.25) is 0 Å². The number of hydrogen-bond acceptors (Lipinski definition) is 8. The zero-order valence-corrected chi connectivity index (χ0v) is 18.0. The van der Waals surface area contributed by atoms with E-state index >= 15 is 0 Å². The first kappa shape index (κ1) is 20.3. The molecule has 0 atom stereocenters. The standard InChI is InChI=1S/C24H19N5O4/c1-14-5-3-4-6-17(14)21-16(11-25)10-18(24-26-28-29-27-24)22(23(21)30-2)31-12-15-7-8-19-20(9-15)33-13-32-19/h3-10H,12-13H2,1-2H3,(H,26,27,28,29). The predicted octanol–water partition coefficient (Wildman–Crippen LogP) is 4.03. The Morgan fingerprint density at radius 3 is 2.67 bits per heavy atom. The minimum Gasteiger partial charge on any atom is -0.492 e. The van der Waals surface area contributed by atoms with Crippen molar-refractivity contribution in [1.82, 2.24) is 20.6 Å². The molecule has 33 heavy (non-hydrogen) atoms. The van der Waals surface area contributed by atoms with Crippen LogP contribution in [0.15, 0.2) is 48.5 Å². The summed E-state index contributed by atoms with van der Waals surface area (Å²) in [7, 11) is 1.55. The van der Waals surface area contributed by atoms with E-state index in [1.807, 2.05) is 49.4 Å². The van der Waals surface area contributed by atoms with Crippen LogP contribution in [0.5, 0.6) is 23.0 Å². The molecule has 0 saturated carbocycles. The molecule has 0 spiro atoms. The molecule has 0 unspecified atom stereocenters. The number of rotatable bonds is 6. The molecule has 9 heteroatoms. The zero-order valence-electron chi connectivity index (χ0n) is 18.0. The van der Waals surface area contributed by atoms with Crippen molar-refractivity contribution in [2.24, 2.45) is 0 Å². The smallest absolute Gasteiger partial charge is 0.231 e. The number of ether oxygens (including phenoxy) is 4. The number of tetrazole rings is 1. The van der Waals surface area contributed by atoms with Crippen molar-refractivity contribution in [2.45, 2.75) is 13.5 Å². The molecule has 0 bridgehead atoms. The van der Waals surface area contributed by atoms with Gasteiger partial charge in [-0.2, -0.15) is 10.5 Å². The first-order chi connectivity index (χ1) is 16.2. The molecule has 0 amide bonds. The van der Waals surface area contributed by atoms with E-state index in [0.29, 0.717) is 45.5 Å². The van der Waals surface area contributed by atoms with Gasteiger partial charge in [0.2, 0.25) is 12.6 Å². The summed E-state index contributed by atoms with van der Waals surface area (Å²) in [6, 6.07) is 17.4. The van der Waals surface area contributed by atoms with Crippen molar-refractivity contribution in [1.29, 1.82) is 5.26 Å². The molecule has 1 aromatic heterocycles. The second kappa shape index (κ2) is 8.51. The molecule has 4 aromatic rings. The molecule has 5 rings (SSSR count).